The Morgan fingerprint density at radius 1 is 1.07 bits per heavy atom. The van der Waals surface area contributed by atoms with Crippen molar-refractivity contribution in [2.45, 2.75) is 26.3 Å². The van der Waals surface area contributed by atoms with E-state index in [4.69, 9.17) is 9.47 Å². The van der Waals surface area contributed by atoms with Crippen LogP contribution in [0.1, 0.15) is 41.4 Å². The number of carbonyl (C=O) groups excluding carboxylic acids is 1. The molecule has 0 aromatic heterocycles. The lowest BCUT2D eigenvalue weighted by molar-refractivity contribution is 0.0941. The van der Waals surface area contributed by atoms with Crippen molar-refractivity contribution in [3.63, 3.8) is 0 Å². The predicted molar refractivity (Wildman–Crippen MR) is 109 cm³/mol. The third-order valence-electron chi connectivity index (χ3n) is 4.58. The molecule has 0 aliphatic heterocycles. The number of nitrogens with one attached hydrogen (secondary N) is 1. The summed E-state index contributed by atoms with van der Waals surface area (Å²) in [6, 6.07) is 13.9. The smallest absolute Gasteiger partial charge is 0.251 e. The van der Waals surface area contributed by atoms with Crippen LogP contribution in [0.4, 0.5) is 0 Å². The minimum atomic E-state index is -0.131. The lowest BCUT2D eigenvalue weighted by Gasteiger charge is -2.25. The second-order valence-electron chi connectivity index (χ2n) is 6.58. The van der Waals surface area contributed by atoms with E-state index in [0.717, 1.165) is 6.42 Å². The normalized spacial score (nSPS) is 11.9. The first-order chi connectivity index (χ1) is 13.0. The lowest BCUT2D eigenvalue weighted by atomic mass is 10.0. The van der Waals surface area contributed by atoms with E-state index < -0.39 is 0 Å². The van der Waals surface area contributed by atoms with E-state index in [2.05, 4.69) is 41.4 Å². The zero-order valence-electron chi connectivity index (χ0n) is 16.9. The summed E-state index contributed by atoms with van der Waals surface area (Å²) in [6.45, 7) is 5.12. The van der Waals surface area contributed by atoms with E-state index in [9.17, 15) is 4.79 Å². The van der Waals surface area contributed by atoms with E-state index in [1.54, 1.807) is 25.3 Å². The maximum Gasteiger partial charge on any atom is 0.251 e. The topological polar surface area (TPSA) is 50.8 Å². The summed E-state index contributed by atoms with van der Waals surface area (Å²) < 4.78 is 10.8. The molecule has 27 heavy (non-hydrogen) atoms. The van der Waals surface area contributed by atoms with Crippen molar-refractivity contribution in [3.8, 4) is 11.5 Å². The molecule has 0 saturated heterocycles. The molecule has 0 spiro atoms. The van der Waals surface area contributed by atoms with Crippen LogP contribution in [0.3, 0.4) is 0 Å². The van der Waals surface area contributed by atoms with Crippen molar-refractivity contribution in [2.75, 3.05) is 34.4 Å². The van der Waals surface area contributed by atoms with Crippen molar-refractivity contribution in [2.24, 2.45) is 0 Å². The monoisotopic (exact) mass is 370 g/mol. The molecule has 0 aliphatic rings. The molecule has 2 aromatic carbocycles. The molecule has 1 N–H and O–H groups in total. The van der Waals surface area contributed by atoms with Gasteiger partial charge < -0.3 is 19.7 Å². The van der Waals surface area contributed by atoms with Gasteiger partial charge in [-0.05, 0) is 56.8 Å². The molecule has 2 aromatic rings. The first kappa shape index (κ1) is 20.8. The number of carbonyl (C=O) groups is 1. The van der Waals surface area contributed by atoms with Crippen molar-refractivity contribution < 1.29 is 14.3 Å². The Labute approximate surface area is 162 Å². The lowest BCUT2D eigenvalue weighted by Crippen LogP contribution is -2.34. The molecule has 0 bridgehead atoms. The fourth-order valence-corrected chi connectivity index (χ4v) is 2.95. The van der Waals surface area contributed by atoms with Gasteiger partial charge in [-0.25, -0.2) is 0 Å². The van der Waals surface area contributed by atoms with Crippen LogP contribution >= 0.6 is 0 Å². The van der Waals surface area contributed by atoms with Crippen LogP contribution in [-0.4, -0.2) is 45.2 Å². The highest BCUT2D eigenvalue weighted by Gasteiger charge is 2.17. The Balaban J connectivity index is 2.09. The van der Waals surface area contributed by atoms with Gasteiger partial charge in [0.15, 0.2) is 11.5 Å². The van der Waals surface area contributed by atoms with Crippen LogP contribution < -0.4 is 14.8 Å². The molecular formula is C22H30N2O3. The van der Waals surface area contributed by atoms with Gasteiger partial charge in [0.25, 0.3) is 5.91 Å². The maximum atomic E-state index is 12.6. The summed E-state index contributed by atoms with van der Waals surface area (Å²) in [5.74, 6) is 1.07. The van der Waals surface area contributed by atoms with Gasteiger partial charge in [-0.3, -0.25) is 4.79 Å². The number of rotatable bonds is 9. The van der Waals surface area contributed by atoms with Crippen LogP contribution in [0.15, 0.2) is 42.5 Å². The third-order valence-corrected chi connectivity index (χ3v) is 4.58. The highest BCUT2D eigenvalue weighted by molar-refractivity contribution is 5.94. The molecule has 5 nitrogen and oxygen atoms in total. The quantitative estimate of drug-likeness (QED) is 0.731. The Hall–Kier alpha value is -2.53. The summed E-state index contributed by atoms with van der Waals surface area (Å²) in [5.41, 5.74) is 3.04. The zero-order chi connectivity index (χ0) is 19.8. The van der Waals surface area contributed by atoms with Crippen LogP contribution in [0, 0.1) is 0 Å². The number of hydrogen-bond acceptors (Lipinski definition) is 4. The van der Waals surface area contributed by atoms with Gasteiger partial charge in [0, 0.05) is 12.1 Å². The van der Waals surface area contributed by atoms with Crippen LogP contribution in [0.5, 0.6) is 11.5 Å². The summed E-state index contributed by atoms with van der Waals surface area (Å²) in [4.78, 5) is 14.7. The number of nitrogens with zero attached hydrogens (tertiary/aromatic N) is 1. The number of benzene rings is 2. The molecule has 0 fully saturated rings. The Bertz CT molecular complexity index is 742. The van der Waals surface area contributed by atoms with E-state index in [1.165, 1.54) is 11.1 Å². The van der Waals surface area contributed by atoms with Crippen molar-refractivity contribution in [1.82, 2.24) is 10.2 Å². The summed E-state index contributed by atoms with van der Waals surface area (Å²) >= 11 is 0. The Morgan fingerprint density at radius 2 is 1.78 bits per heavy atom. The molecule has 1 amide bonds. The van der Waals surface area contributed by atoms with Crippen LogP contribution in [-0.2, 0) is 6.42 Å². The average Bonchev–Trinajstić information content (AvgIpc) is 2.68. The third kappa shape index (κ3) is 5.47. The van der Waals surface area contributed by atoms with E-state index in [-0.39, 0.29) is 11.9 Å². The summed E-state index contributed by atoms with van der Waals surface area (Å²) in [5, 5.41) is 3.03. The zero-order valence-corrected chi connectivity index (χ0v) is 16.9. The number of aryl methyl sites for hydroxylation is 1. The molecule has 0 aliphatic carbocycles. The average molecular weight is 370 g/mol. The van der Waals surface area contributed by atoms with Gasteiger partial charge in [-0.2, -0.15) is 0 Å². The highest BCUT2D eigenvalue weighted by atomic mass is 16.5. The fourth-order valence-electron chi connectivity index (χ4n) is 2.95. The SMILES string of the molecule is CCOc1ccc(C(=O)NCC(c2ccc(CC)cc2)N(C)C)cc1OC. The minimum absolute atomic E-state index is 0.101. The second-order valence-corrected chi connectivity index (χ2v) is 6.58. The molecule has 0 heterocycles. The molecule has 0 radical (unpaired) electrons. The number of hydrogen-bond donors (Lipinski definition) is 1. The molecule has 5 heteroatoms. The standard InChI is InChI=1S/C22H30N2O3/c1-6-16-8-10-17(11-9-16)19(24(3)4)15-23-22(25)18-12-13-20(27-7-2)21(14-18)26-5/h8-14,19H,6-7,15H2,1-5H3,(H,23,25). The number of likely N-dealkylation sites (N-methyl/N-ethyl adjacent to an activating group) is 1. The maximum absolute atomic E-state index is 12.6. The molecule has 146 valence electrons. The Kier molecular flexibility index (Phi) is 7.67. The number of methoxy groups -OCH3 is 1. The Morgan fingerprint density at radius 3 is 2.33 bits per heavy atom. The second kappa shape index (κ2) is 9.97. The van der Waals surface area contributed by atoms with E-state index >= 15 is 0 Å². The van der Waals surface area contributed by atoms with Gasteiger partial charge in [0.2, 0.25) is 0 Å². The van der Waals surface area contributed by atoms with E-state index in [1.807, 2.05) is 21.0 Å². The highest BCUT2D eigenvalue weighted by Crippen LogP contribution is 2.28. The van der Waals surface area contributed by atoms with Gasteiger partial charge in [-0.1, -0.05) is 31.2 Å². The first-order valence-electron chi connectivity index (χ1n) is 9.34. The predicted octanol–water partition coefficient (Wildman–Crippen LogP) is 3.69. The minimum Gasteiger partial charge on any atom is -0.493 e. The molecule has 2 rings (SSSR count). The molecule has 0 saturated carbocycles. The van der Waals surface area contributed by atoms with Gasteiger partial charge in [0.1, 0.15) is 0 Å². The van der Waals surface area contributed by atoms with Crippen LogP contribution in [0.2, 0.25) is 0 Å². The molecule has 1 atom stereocenters. The van der Waals surface area contributed by atoms with Gasteiger partial charge >= 0.3 is 0 Å². The summed E-state index contributed by atoms with van der Waals surface area (Å²) in [7, 11) is 5.61. The van der Waals surface area contributed by atoms with Gasteiger partial charge in [-0.15, -0.1) is 0 Å². The summed E-state index contributed by atoms with van der Waals surface area (Å²) in [6.07, 6.45) is 1.02. The molecular weight excluding hydrogens is 340 g/mol. The fraction of sp³-hybridized carbons (Fsp3) is 0.409. The number of amides is 1. The van der Waals surface area contributed by atoms with Crippen molar-refractivity contribution >= 4 is 5.91 Å². The van der Waals surface area contributed by atoms with Crippen molar-refractivity contribution in [1.29, 1.82) is 0 Å². The largest absolute Gasteiger partial charge is 0.493 e. The number of ether oxygens (including phenoxy) is 2. The van der Waals surface area contributed by atoms with Crippen LogP contribution in [0.25, 0.3) is 0 Å². The molecule has 1 unspecified atom stereocenters. The van der Waals surface area contributed by atoms with Gasteiger partial charge in [0.05, 0.1) is 19.8 Å². The first-order valence-corrected chi connectivity index (χ1v) is 9.34. The van der Waals surface area contributed by atoms with Crippen molar-refractivity contribution in [3.05, 3.63) is 59.2 Å². The van der Waals surface area contributed by atoms with E-state index in [0.29, 0.717) is 30.2 Å².